The van der Waals surface area contributed by atoms with Gasteiger partial charge in [0.25, 0.3) is 0 Å². The van der Waals surface area contributed by atoms with E-state index in [2.05, 4.69) is 31.8 Å². The number of anilines is 3. The second-order valence-electron chi connectivity index (χ2n) is 7.86. The van der Waals surface area contributed by atoms with Crippen molar-refractivity contribution in [3.05, 3.63) is 81.2 Å². The molecule has 0 radical (unpaired) electrons. The van der Waals surface area contributed by atoms with E-state index in [4.69, 9.17) is 39.8 Å². The summed E-state index contributed by atoms with van der Waals surface area (Å²) >= 11 is 19.4. The first-order chi connectivity index (χ1) is 16.1. The summed E-state index contributed by atoms with van der Waals surface area (Å²) in [6.07, 6.45) is 3.90. The Bertz CT molecular complexity index is 1290. The molecule has 168 valence electrons. The van der Waals surface area contributed by atoms with Crippen LogP contribution in [0.5, 0.6) is 0 Å². The molecule has 0 amide bonds. The Kier molecular flexibility index (Phi) is 6.51. The zero-order valence-electron chi connectivity index (χ0n) is 17.7. The van der Waals surface area contributed by atoms with Crippen LogP contribution in [0.25, 0.3) is 10.8 Å². The number of fused-ring (bicyclic) bond motifs is 1. The van der Waals surface area contributed by atoms with Crippen molar-refractivity contribution < 1.29 is 0 Å². The Morgan fingerprint density at radius 2 is 1.67 bits per heavy atom. The average Bonchev–Trinajstić information content (AvgIpc) is 2.83. The molecule has 2 aromatic heterocycles. The molecule has 1 aliphatic rings. The fraction of sp³-hybridized carbons (Fsp3) is 0.208. The van der Waals surface area contributed by atoms with E-state index < -0.39 is 0 Å². The molecule has 0 atom stereocenters. The van der Waals surface area contributed by atoms with Crippen LogP contribution in [-0.2, 0) is 6.42 Å². The van der Waals surface area contributed by atoms with Crippen LogP contribution in [0, 0.1) is 0 Å². The predicted octanol–water partition coefficient (Wildman–Crippen LogP) is 5.73. The molecule has 1 saturated heterocycles. The summed E-state index contributed by atoms with van der Waals surface area (Å²) in [5.74, 6) is 0.650. The standard InChI is InChI=1S/C24H21Cl3N6/c25-20-2-1-3-21(26)18(20)11-16-10-15-13-29-30-14-19(15)24(31-16)32-23-5-4-17(12-22(23)27)33-8-6-28-7-9-33/h1-5,10,12-14,28H,6-9,11H2,(H,31,32). The number of aromatic nitrogens is 3. The summed E-state index contributed by atoms with van der Waals surface area (Å²) in [5.41, 5.74) is 3.52. The molecule has 0 bridgehead atoms. The number of hydrogen-bond donors (Lipinski definition) is 2. The van der Waals surface area contributed by atoms with Crippen molar-refractivity contribution in [3.63, 3.8) is 0 Å². The summed E-state index contributed by atoms with van der Waals surface area (Å²) in [4.78, 5) is 7.18. The van der Waals surface area contributed by atoms with Crippen LogP contribution >= 0.6 is 34.8 Å². The SMILES string of the molecule is Clc1cc(N2CCNCC2)ccc1Nc1nc(Cc2c(Cl)cccc2Cl)cc2cnncc12. The fourth-order valence-corrected chi connectivity index (χ4v) is 4.73. The van der Waals surface area contributed by atoms with E-state index in [-0.39, 0.29) is 0 Å². The highest BCUT2D eigenvalue weighted by Crippen LogP contribution is 2.33. The van der Waals surface area contributed by atoms with Gasteiger partial charge in [0.1, 0.15) is 5.82 Å². The minimum atomic E-state index is 0.487. The number of benzene rings is 2. The lowest BCUT2D eigenvalue weighted by Gasteiger charge is -2.29. The minimum absolute atomic E-state index is 0.487. The zero-order chi connectivity index (χ0) is 22.8. The van der Waals surface area contributed by atoms with Crippen LogP contribution in [-0.4, -0.2) is 41.4 Å². The number of halogens is 3. The van der Waals surface area contributed by atoms with Gasteiger partial charge in [-0.1, -0.05) is 40.9 Å². The summed E-state index contributed by atoms with van der Waals surface area (Å²) in [6.45, 7) is 3.86. The van der Waals surface area contributed by atoms with Gasteiger partial charge in [-0.25, -0.2) is 4.98 Å². The third kappa shape index (κ3) is 4.84. The second kappa shape index (κ2) is 9.69. The van der Waals surface area contributed by atoms with Gasteiger partial charge in [-0.15, -0.1) is 0 Å². The smallest absolute Gasteiger partial charge is 0.140 e. The number of rotatable bonds is 5. The number of hydrogen-bond acceptors (Lipinski definition) is 6. The molecule has 4 aromatic rings. The summed E-state index contributed by atoms with van der Waals surface area (Å²) in [6, 6.07) is 13.5. The van der Waals surface area contributed by atoms with E-state index in [1.54, 1.807) is 12.4 Å². The first-order valence-corrected chi connectivity index (χ1v) is 11.8. The Hall–Kier alpha value is -2.64. The van der Waals surface area contributed by atoms with Gasteiger partial charge in [-0.3, -0.25) is 0 Å². The summed E-state index contributed by atoms with van der Waals surface area (Å²) in [7, 11) is 0. The van der Waals surface area contributed by atoms with E-state index in [0.717, 1.165) is 59.6 Å². The summed E-state index contributed by atoms with van der Waals surface area (Å²) in [5, 5.41) is 18.4. The van der Waals surface area contributed by atoms with Crippen molar-refractivity contribution in [2.75, 3.05) is 36.4 Å². The van der Waals surface area contributed by atoms with Gasteiger partial charge in [-0.2, -0.15) is 10.2 Å². The van der Waals surface area contributed by atoms with E-state index >= 15 is 0 Å². The van der Waals surface area contributed by atoms with Crippen molar-refractivity contribution in [2.24, 2.45) is 0 Å². The molecular formula is C24H21Cl3N6. The van der Waals surface area contributed by atoms with Crippen LogP contribution in [0.2, 0.25) is 15.1 Å². The average molecular weight is 500 g/mol. The van der Waals surface area contributed by atoms with Gasteiger partial charge in [0.2, 0.25) is 0 Å². The van der Waals surface area contributed by atoms with Gasteiger partial charge < -0.3 is 15.5 Å². The van der Waals surface area contributed by atoms with Gasteiger partial charge in [0.15, 0.2) is 0 Å². The van der Waals surface area contributed by atoms with Gasteiger partial charge in [0, 0.05) is 64.8 Å². The molecule has 1 fully saturated rings. The molecule has 1 aliphatic heterocycles. The predicted molar refractivity (Wildman–Crippen MR) is 136 cm³/mol. The monoisotopic (exact) mass is 498 g/mol. The van der Waals surface area contributed by atoms with E-state index in [0.29, 0.717) is 27.3 Å². The molecule has 2 aromatic carbocycles. The van der Waals surface area contributed by atoms with Crippen molar-refractivity contribution in [2.45, 2.75) is 6.42 Å². The highest BCUT2D eigenvalue weighted by atomic mass is 35.5. The highest BCUT2D eigenvalue weighted by molar-refractivity contribution is 6.36. The Balaban J connectivity index is 1.49. The molecule has 9 heteroatoms. The maximum absolute atomic E-state index is 6.67. The lowest BCUT2D eigenvalue weighted by Crippen LogP contribution is -2.43. The second-order valence-corrected chi connectivity index (χ2v) is 9.08. The quantitative estimate of drug-likeness (QED) is 0.366. The maximum atomic E-state index is 6.67. The van der Waals surface area contributed by atoms with Crippen LogP contribution in [0.15, 0.2) is 54.9 Å². The minimum Gasteiger partial charge on any atom is -0.369 e. The first kappa shape index (κ1) is 22.2. The molecule has 5 rings (SSSR count). The molecule has 0 aliphatic carbocycles. The topological polar surface area (TPSA) is 66.0 Å². The first-order valence-electron chi connectivity index (χ1n) is 10.6. The lowest BCUT2D eigenvalue weighted by molar-refractivity contribution is 0.589. The number of nitrogens with zero attached hydrogens (tertiary/aromatic N) is 4. The third-order valence-electron chi connectivity index (χ3n) is 5.70. The lowest BCUT2D eigenvalue weighted by atomic mass is 10.1. The van der Waals surface area contributed by atoms with Gasteiger partial charge in [-0.05, 0) is 42.0 Å². The molecule has 33 heavy (non-hydrogen) atoms. The van der Waals surface area contributed by atoms with Crippen molar-refractivity contribution in [3.8, 4) is 0 Å². The van der Waals surface area contributed by atoms with Crippen molar-refractivity contribution in [1.29, 1.82) is 0 Å². The fourth-order valence-electron chi connectivity index (χ4n) is 3.98. The van der Waals surface area contributed by atoms with E-state index in [9.17, 15) is 0 Å². The Morgan fingerprint density at radius 1 is 0.909 bits per heavy atom. The Labute approximate surface area is 206 Å². The Morgan fingerprint density at radius 3 is 2.42 bits per heavy atom. The van der Waals surface area contributed by atoms with Gasteiger partial charge in [0.05, 0.1) is 23.1 Å². The molecule has 6 nitrogen and oxygen atoms in total. The van der Waals surface area contributed by atoms with Crippen molar-refractivity contribution >= 4 is 62.8 Å². The van der Waals surface area contributed by atoms with Gasteiger partial charge >= 0.3 is 0 Å². The molecule has 0 spiro atoms. The van der Waals surface area contributed by atoms with Crippen molar-refractivity contribution in [1.82, 2.24) is 20.5 Å². The van der Waals surface area contributed by atoms with Crippen LogP contribution < -0.4 is 15.5 Å². The summed E-state index contributed by atoms with van der Waals surface area (Å²) < 4.78 is 0. The number of pyridine rings is 1. The number of nitrogens with one attached hydrogen (secondary N) is 2. The molecule has 2 N–H and O–H groups in total. The number of piperazine rings is 1. The zero-order valence-corrected chi connectivity index (χ0v) is 19.9. The molecule has 0 saturated carbocycles. The molecule has 3 heterocycles. The highest BCUT2D eigenvalue weighted by Gasteiger charge is 2.15. The van der Waals surface area contributed by atoms with E-state index in [1.165, 1.54) is 0 Å². The largest absolute Gasteiger partial charge is 0.369 e. The van der Waals surface area contributed by atoms with Crippen LogP contribution in [0.1, 0.15) is 11.3 Å². The third-order valence-corrected chi connectivity index (χ3v) is 6.72. The molecule has 0 unspecified atom stereocenters. The normalized spacial score (nSPS) is 14.0. The van der Waals surface area contributed by atoms with E-state index in [1.807, 2.05) is 36.4 Å². The molecular weight excluding hydrogens is 479 g/mol. The van der Waals surface area contributed by atoms with Crippen LogP contribution in [0.4, 0.5) is 17.2 Å². The van der Waals surface area contributed by atoms with Crippen LogP contribution in [0.3, 0.4) is 0 Å². The maximum Gasteiger partial charge on any atom is 0.140 e.